The Hall–Kier alpha value is -2.82. The van der Waals surface area contributed by atoms with Crippen LogP contribution in [0.3, 0.4) is 0 Å². The summed E-state index contributed by atoms with van der Waals surface area (Å²) >= 11 is 0. The van der Waals surface area contributed by atoms with Crippen LogP contribution in [-0.4, -0.2) is 60.2 Å². The number of carbonyl (C=O) groups is 5. The molecular weight excluding hydrogens is 428 g/mol. The lowest BCUT2D eigenvalue weighted by molar-refractivity contribution is -0.136. The second-order valence-corrected chi connectivity index (χ2v) is 7.11. The molecule has 0 saturated carbocycles. The number of fused-ring (bicyclic) bond motifs is 1. The molecule has 2 aliphatic rings. The van der Waals surface area contributed by atoms with Crippen LogP contribution in [0.2, 0.25) is 0 Å². The van der Waals surface area contributed by atoms with Crippen LogP contribution in [-0.2, 0) is 19.1 Å². The fourth-order valence-corrected chi connectivity index (χ4v) is 3.39. The third-order valence-corrected chi connectivity index (χ3v) is 4.91. The molecule has 1 unspecified atom stereocenters. The third kappa shape index (κ3) is 5.66. The fraction of sp³-hybridized carbons (Fsp3) is 0.450. The highest BCUT2D eigenvalue weighted by Gasteiger charge is 2.44. The largest absolute Gasteiger partial charge is 0.381 e. The minimum Gasteiger partial charge on any atom is -0.381 e. The number of nitrogens with one attached hydrogen (secondary N) is 2. The lowest BCUT2D eigenvalue weighted by atomic mass is 10.0. The zero-order chi connectivity index (χ0) is 21.7. The second kappa shape index (κ2) is 11.0. The van der Waals surface area contributed by atoms with E-state index in [1.807, 2.05) is 0 Å². The first kappa shape index (κ1) is 24.4. The van der Waals surface area contributed by atoms with Crippen molar-refractivity contribution in [1.82, 2.24) is 10.2 Å². The van der Waals surface area contributed by atoms with Crippen LogP contribution < -0.4 is 16.4 Å². The van der Waals surface area contributed by atoms with Gasteiger partial charge in [0.15, 0.2) is 0 Å². The average molecular weight is 453 g/mol. The molecule has 31 heavy (non-hydrogen) atoms. The standard InChI is InChI=1S/C20H24N4O6.ClH/c21-8-2-10-30-9-1-3-16(25)22-12-4-5-13-14(11-12)20(29)24(19(13)28)15-6-7-17(26)23-18(15)27;/h4-5,11,15H,1-3,6-10,21H2,(H,22,25)(H,23,26,27);1H. The van der Waals surface area contributed by atoms with E-state index in [0.717, 1.165) is 11.3 Å². The van der Waals surface area contributed by atoms with Gasteiger partial charge in [0.2, 0.25) is 17.7 Å². The Morgan fingerprint density at radius 1 is 1.13 bits per heavy atom. The molecule has 1 aromatic carbocycles. The molecule has 1 fully saturated rings. The van der Waals surface area contributed by atoms with Gasteiger partial charge >= 0.3 is 0 Å². The van der Waals surface area contributed by atoms with E-state index in [0.29, 0.717) is 31.9 Å². The normalized spacial score (nSPS) is 17.8. The van der Waals surface area contributed by atoms with Gasteiger partial charge in [-0.05, 0) is 44.0 Å². The SMILES string of the molecule is Cl.NCCCOCCCC(=O)Nc1ccc2c(c1)C(=O)N(C1CCC(=O)NC1=O)C2=O. The number of benzene rings is 1. The summed E-state index contributed by atoms with van der Waals surface area (Å²) in [4.78, 5) is 61.8. The van der Waals surface area contributed by atoms with Crippen molar-refractivity contribution in [3.8, 4) is 0 Å². The van der Waals surface area contributed by atoms with Crippen molar-refractivity contribution < 1.29 is 28.7 Å². The van der Waals surface area contributed by atoms with E-state index in [1.54, 1.807) is 0 Å². The molecule has 0 bridgehead atoms. The molecule has 0 radical (unpaired) electrons. The quantitative estimate of drug-likeness (QED) is 0.367. The molecule has 0 aliphatic carbocycles. The highest BCUT2D eigenvalue weighted by Crippen LogP contribution is 2.29. The summed E-state index contributed by atoms with van der Waals surface area (Å²) in [6, 6.07) is 3.39. The Bertz CT molecular complexity index is 890. The monoisotopic (exact) mass is 452 g/mol. The molecule has 0 spiro atoms. The maximum Gasteiger partial charge on any atom is 0.262 e. The van der Waals surface area contributed by atoms with E-state index >= 15 is 0 Å². The first-order valence-corrected chi connectivity index (χ1v) is 9.85. The smallest absolute Gasteiger partial charge is 0.262 e. The number of hydrogen-bond donors (Lipinski definition) is 3. The molecule has 10 nitrogen and oxygen atoms in total. The summed E-state index contributed by atoms with van der Waals surface area (Å²) in [6.45, 7) is 1.56. The second-order valence-electron chi connectivity index (χ2n) is 7.11. The topological polar surface area (TPSA) is 148 Å². The van der Waals surface area contributed by atoms with E-state index in [9.17, 15) is 24.0 Å². The van der Waals surface area contributed by atoms with Gasteiger partial charge in [0.05, 0.1) is 11.1 Å². The van der Waals surface area contributed by atoms with Gasteiger partial charge in [0, 0.05) is 31.7 Å². The van der Waals surface area contributed by atoms with Crippen molar-refractivity contribution in [3.63, 3.8) is 0 Å². The third-order valence-electron chi connectivity index (χ3n) is 4.91. The molecule has 2 heterocycles. The van der Waals surface area contributed by atoms with Crippen LogP contribution in [0.25, 0.3) is 0 Å². The van der Waals surface area contributed by atoms with E-state index in [4.69, 9.17) is 10.5 Å². The van der Waals surface area contributed by atoms with E-state index in [-0.39, 0.29) is 48.7 Å². The van der Waals surface area contributed by atoms with Crippen LogP contribution in [0.4, 0.5) is 5.69 Å². The summed E-state index contributed by atoms with van der Waals surface area (Å²) < 4.78 is 5.34. The fourth-order valence-electron chi connectivity index (χ4n) is 3.39. The number of carbonyl (C=O) groups excluding carboxylic acids is 5. The van der Waals surface area contributed by atoms with Crippen molar-refractivity contribution in [2.45, 2.75) is 38.1 Å². The van der Waals surface area contributed by atoms with Crippen molar-refractivity contribution >= 4 is 47.6 Å². The summed E-state index contributed by atoms with van der Waals surface area (Å²) in [5.74, 6) is -2.53. The lowest BCUT2D eigenvalue weighted by Crippen LogP contribution is -2.54. The van der Waals surface area contributed by atoms with Crippen molar-refractivity contribution in [3.05, 3.63) is 29.3 Å². The summed E-state index contributed by atoms with van der Waals surface area (Å²) in [7, 11) is 0. The van der Waals surface area contributed by atoms with Crippen LogP contribution in [0, 0.1) is 0 Å². The van der Waals surface area contributed by atoms with Crippen LogP contribution >= 0.6 is 12.4 Å². The van der Waals surface area contributed by atoms with E-state index in [2.05, 4.69) is 10.6 Å². The maximum atomic E-state index is 12.8. The number of rotatable bonds is 9. The Labute approximate surface area is 185 Å². The van der Waals surface area contributed by atoms with Gasteiger partial charge in [-0.15, -0.1) is 12.4 Å². The molecule has 1 aromatic rings. The highest BCUT2D eigenvalue weighted by molar-refractivity contribution is 6.23. The predicted octanol–water partition coefficient (Wildman–Crippen LogP) is 0.594. The van der Waals surface area contributed by atoms with Crippen molar-refractivity contribution in [2.75, 3.05) is 25.1 Å². The number of ether oxygens (including phenoxy) is 1. The number of nitrogens with zero attached hydrogens (tertiary/aromatic N) is 1. The zero-order valence-electron chi connectivity index (χ0n) is 16.8. The summed E-state index contributed by atoms with van der Waals surface area (Å²) in [6.07, 6.45) is 1.70. The molecule has 1 atom stereocenters. The zero-order valence-corrected chi connectivity index (χ0v) is 17.7. The molecule has 5 amide bonds. The van der Waals surface area contributed by atoms with Gasteiger partial charge in [-0.1, -0.05) is 0 Å². The number of piperidine rings is 1. The van der Waals surface area contributed by atoms with E-state index in [1.165, 1.54) is 18.2 Å². The Kier molecular flexibility index (Phi) is 8.66. The van der Waals surface area contributed by atoms with Crippen LogP contribution in [0.15, 0.2) is 18.2 Å². The first-order valence-electron chi connectivity index (χ1n) is 9.85. The molecular formula is C20H25ClN4O6. The molecule has 168 valence electrons. The average Bonchev–Trinajstić information content (AvgIpc) is 2.95. The van der Waals surface area contributed by atoms with Gasteiger partial charge in [-0.25, -0.2) is 0 Å². The maximum absolute atomic E-state index is 12.8. The van der Waals surface area contributed by atoms with Crippen LogP contribution in [0.1, 0.15) is 52.8 Å². The molecule has 1 saturated heterocycles. The van der Waals surface area contributed by atoms with Crippen molar-refractivity contribution in [1.29, 1.82) is 0 Å². The molecule has 0 aromatic heterocycles. The Morgan fingerprint density at radius 3 is 2.55 bits per heavy atom. The van der Waals surface area contributed by atoms with Gasteiger partial charge < -0.3 is 15.8 Å². The first-order chi connectivity index (χ1) is 14.4. The number of amides is 5. The van der Waals surface area contributed by atoms with E-state index < -0.39 is 29.7 Å². The minimum absolute atomic E-state index is 0. The van der Waals surface area contributed by atoms with Gasteiger partial charge in [0.1, 0.15) is 6.04 Å². The van der Waals surface area contributed by atoms with Gasteiger partial charge in [-0.2, -0.15) is 0 Å². The molecule has 2 aliphatic heterocycles. The summed E-state index contributed by atoms with van der Waals surface area (Å²) in [5, 5.41) is 4.85. The van der Waals surface area contributed by atoms with Gasteiger partial charge in [0.25, 0.3) is 11.8 Å². The van der Waals surface area contributed by atoms with Gasteiger partial charge in [-0.3, -0.25) is 34.2 Å². The lowest BCUT2D eigenvalue weighted by Gasteiger charge is -2.27. The number of anilines is 1. The number of imide groups is 2. The molecule has 3 rings (SSSR count). The molecule has 4 N–H and O–H groups in total. The Balaban J connectivity index is 0.00000341. The molecule has 11 heteroatoms. The summed E-state index contributed by atoms with van der Waals surface area (Å²) in [5.41, 5.74) is 6.04. The number of halogens is 1. The van der Waals surface area contributed by atoms with Crippen LogP contribution in [0.5, 0.6) is 0 Å². The van der Waals surface area contributed by atoms with Crippen molar-refractivity contribution in [2.24, 2.45) is 5.73 Å². The minimum atomic E-state index is -1.02. The number of hydrogen-bond acceptors (Lipinski definition) is 7. The number of nitrogens with two attached hydrogens (primary N) is 1. The highest BCUT2D eigenvalue weighted by atomic mass is 35.5. The Morgan fingerprint density at radius 2 is 1.84 bits per heavy atom. The predicted molar refractivity (Wildman–Crippen MR) is 113 cm³/mol.